The molecule has 0 bridgehead atoms. The summed E-state index contributed by atoms with van der Waals surface area (Å²) < 4.78 is 10.0. The first kappa shape index (κ1) is 14.5. The van der Waals surface area contributed by atoms with Gasteiger partial charge in [-0.05, 0) is 12.8 Å². The average molecular weight is 280 g/mol. The Morgan fingerprint density at radius 2 is 1.85 bits per heavy atom. The summed E-state index contributed by atoms with van der Waals surface area (Å²) in [5.41, 5.74) is 0. The molecule has 1 aliphatic rings. The molecule has 7 nitrogen and oxygen atoms in total. The Bertz CT molecular complexity index is 439. The molecule has 1 aromatic heterocycles. The minimum atomic E-state index is -0.174. The van der Waals surface area contributed by atoms with Gasteiger partial charge in [-0.25, -0.2) is 0 Å². The van der Waals surface area contributed by atoms with Crippen LogP contribution in [0.3, 0.4) is 0 Å². The fourth-order valence-corrected chi connectivity index (χ4v) is 2.20. The van der Waals surface area contributed by atoms with Gasteiger partial charge in [-0.3, -0.25) is 10.1 Å². The number of carbonyl (C=O) groups is 1. The zero-order chi connectivity index (χ0) is 14.4. The van der Waals surface area contributed by atoms with E-state index in [4.69, 9.17) is 9.47 Å². The normalized spacial score (nSPS) is 15.1. The zero-order valence-corrected chi connectivity index (χ0v) is 11.8. The molecule has 110 valence electrons. The van der Waals surface area contributed by atoms with E-state index in [9.17, 15) is 4.79 Å². The van der Waals surface area contributed by atoms with Crippen LogP contribution in [-0.2, 0) is 4.79 Å². The predicted molar refractivity (Wildman–Crippen MR) is 74.0 cm³/mol. The Morgan fingerprint density at radius 1 is 1.25 bits per heavy atom. The number of hydrogen-bond donors (Lipinski definition) is 2. The molecule has 1 heterocycles. The molecule has 0 radical (unpaired) electrons. The Hall–Kier alpha value is -1.89. The van der Waals surface area contributed by atoms with Crippen molar-refractivity contribution in [3.05, 3.63) is 6.07 Å². The third-order valence-corrected chi connectivity index (χ3v) is 3.26. The van der Waals surface area contributed by atoms with Crippen LogP contribution in [-0.4, -0.2) is 42.7 Å². The number of ether oxygens (including phenoxy) is 2. The number of carbonyl (C=O) groups excluding carboxylic acids is 1. The monoisotopic (exact) mass is 280 g/mol. The molecule has 1 fully saturated rings. The van der Waals surface area contributed by atoms with Crippen LogP contribution >= 0.6 is 0 Å². The van der Waals surface area contributed by atoms with Crippen molar-refractivity contribution in [3.63, 3.8) is 0 Å². The van der Waals surface area contributed by atoms with Crippen LogP contribution in [0.15, 0.2) is 6.07 Å². The number of anilines is 1. The second kappa shape index (κ2) is 7.04. The minimum Gasteiger partial charge on any atom is -0.481 e. The highest BCUT2D eigenvalue weighted by molar-refractivity contribution is 5.90. The summed E-state index contributed by atoms with van der Waals surface area (Å²) in [5.74, 6) is 0.693. The average Bonchev–Trinajstić information content (AvgIpc) is 2.98. The van der Waals surface area contributed by atoms with Crippen LogP contribution in [0.5, 0.6) is 11.8 Å². The van der Waals surface area contributed by atoms with Crippen LogP contribution in [0.25, 0.3) is 0 Å². The molecule has 20 heavy (non-hydrogen) atoms. The Morgan fingerprint density at radius 3 is 2.40 bits per heavy atom. The Labute approximate surface area is 118 Å². The number of nitrogens with one attached hydrogen (secondary N) is 2. The lowest BCUT2D eigenvalue weighted by Gasteiger charge is -2.11. The molecule has 1 aliphatic carbocycles. The molecular weight excluding hydrogens is 260 g/mol. The molecule has 2 rings (SSSR count). The lowest BCUT2D eigenvalue weighted by Crippen LogP contribution is -2.34. The first-order valence-electron chi connectivity index (χ1n) is 6.71. The lowest BCUT2D eigenvalue weighted by molar-refractivity contribution is -0.115. The van der Waals surface area contributed by atoms with E-state index in [2.05, 4.69) is 20.6 Å². The molecular formula is C13H20N4O3. The quantitative estimate of drug-likeness (QED) is 0.807. The largest absolute Gasteiger partial charge is 0.481 e. The maximum Gasteiger partial charge on any atom is 0.240 e. The maximum atomic E-state index is 11.8. The van der Waals surface area contributed by atoms with E-state index < -0.39 is 0 Å². The van der Waals surface area contributed by atoms with Crippen molar-refractivity contribution in [2.45, 2.75) is 31.7 Å². The smallest absolute Gasteiger partial charge is 0.240 e. The standard InChI is InChI=1S/C13H20N4O3/c1-19-11-7-12(20-2)17-13(16-11)15-10(18)8-14-9-5-3-4-6-9/h7,9,14H,3-6,8H2,1-2H3,(H,15,16,17,18). The fraction of sp³-hybridized carbons (Fsp3) is 0.615. The first-order chi connectivity index (χ1) is 9.71. The predicted octanol–water partition coefficient (Wildman–Crippen LogP) is 0.964. The summed E-state index contributed by atoms with van der Waals surface area (Å²) in [6.07, 6.45) is 4.73. The third-order valence-electron chi connectivity index (χ3n) is 3.26. The highest BCUT2D eigenvalue weighted by Crippen LogP contribution is 2.18. The van der Waals surface area contributed by atoms with Crippen LogP contribution < -0.4 is 20.1 Å². The van der Waals surface area contributed by atoms with Crippen molar-refractivity contribution in [2.75, 3.05) is 26.1 Å². The molecule has 0 unspecified atom stereocenters. The second-order valence-corrected chi connectivity index (χ2v) is 4.69. The molecule has 0 saturated heterocycles. The SMILES string of the molecule is COc1cc(OC)nc(NC(=O)CNC2CCCC2)n1. The summed E-state index contributed by atoms with van der Waals surface area (Å²) >= 11 is 0. The Balaban J connectivity index is 1.89. The zero-order valence-electron chi connectivity index (χ0n) is 11.8. The topological polar surface area (TPSA) is 85.4 Å². The van der Waals surface area contributed by atoms with Gasteiger partial charge in [0.2, 0.25) is 23.6 Å². The molecule has 0 atom stereocenters. The van der Waals surface area contributed by atoms with E-state index in [-0.39, 0.29) is 18.4 Å². The van der Waals surface area contributed by atoms with Crippen LogP contribution in [0, 0.1) is 0 Å². The molecule has 1 saturated carbocycles. The van der Waals surface area contributed by atoms with Gasteiger partial charge in [0.25, 0.3) is 0 Å². The van der Waals surface area contributed by atoms with Gasteiger partial charge in [0.15, 0.2) is 0 Å². The van der Waals surface area contributed by atoms with Crippen molar-refractivity contribution in [3.8, 4) is 11.8 Å². The third kappa shape index (κ3) is 4.06. The van der Waals surface area contributed by atoms with E-state index in [0.29, 0.717) is 17.8 Å². The van der Waals surface area contributed by atoms with Gasteiger partial charge in [-0.1, -0.05) is 12.8 Å². The van der Waals surface area contributed by atoms with Crippen LogP contribution in [0.2, 0.25) is 0 Å². The number of amides is 1. The Kier molecular flexibility index (Phi) is 5.11. The molecule has 7 heteroatoms. The van der Waals surface area contributed by atoms with Gasteiger partial charge < -0.3 is 14.8 Å². The van der Waals surface area contributed by atoms with Gasteiger partial charge in [-0.2, -0.15) is 9.97 Å². The molecule has 1 aromatic rings. The van der Waals surface area contributed by atoms with Gasteiger partial charge >= 0.3 is 0 Å². The van der Waals surface area contributed by atoms with Crippen LogP contribution in [0.1, 0.15) is 25.7 Å². The molecule has 0 aliphatic heterocycles. The van der Waals surface area contributed by atoms with Crippen molar-refractivity contribution in [1.82, 2.24) is 15.3 Å². The number of hydrogen-bond acceptors (Lipinski definition) is 6. The maximum absolute atomic E-state index is 11.8. The van der Waals surface area contributed by atoms with Crippen molar-refractivity contribution in [2.24, 2.45) is 0 Å². The lowest BCUT2D eigenvalue weighted by atomic mass is 10.2. The first-order valence-corrected chi connectivity index (χ1v) is 6.71. The highest BCUT2D eigenvalue weighted by Gasteiger charge is 2.16. The molecule has 0 spiro atoms. The minimum absolute atomic E-state index is 0.174. The molecule has 2 N–H and O–H groups in total. The van der Waals surface area contributed by atoms with E-state index in [0.717, 1.165) is 12.8 Å². The number of rotatable bonds is 6. The molecule has 0 aromatic carbocycles. The summed E-state index contributed by atoms with van der Waals surface area (Å²) in [6.45, 7) is 0.257. The van der Waals surface area contributed by atoms with Gasteiger partial charge in [0.1, 0.15) is 0 Å². The van der Waals surface area contributed by atoms with Gasteiger partial charge in [0.05, 0.1) is 26.8 Å². The summed E-state index contributed by atoms with van der Waals surface area (Å²) in [4.78, 5) is 19.9. The summed E-state index contributed by atoms with van der Waals surface area (Å²) in [5, 5.41) is 5.86. The number of nitrogens with zero attached hydrogens (tertiary/aromatic N) is 2. The van der Waals surface area contributed by atoms with Gasteiger partial charge in [0, 0.05) is 6.04 Å². The second-order valence-electron chi connectivity index (χ2n) is 4.69. The van der Waals surface area contributed by atoms with Gasteiger partial charge in [-0.15, -0.1) is 0 Å². The molecule has 1 amide bonds. The van der Waals surface area contributed by atoms with Crippen LogP contribution in [0.4, 0.5) is 5.95 Å². The highest BCUT2D eigenvalue weighted by atomic mass is 16.5. The van der Waals surface area contributed by atoms with Crippen molar-refractivity contribution in [1.29, 1.82) is 0 Å². The van der Waals surface area contributed by atoms with E-state index in [1.165, 1.54) is 27.1 Å². The summed E-state index contributed by atoms with van der Waals surface area (Å²) in [7, 11) is 2.99. The van der Waals surface area contributed by atoms with E-state index in [1.54, 1.807) is 6.07 Å². The van der Waals surface area contributed by atoms with E-state index in [1.807, 2.05) is 0 Å². The number of methoxy groups -OCH3 is 2. The number of aromatic nitrogens is 2. The summed E-state index contributed by atoms with van der Waals surface area (Å²) in [6, 6.07) is 1.99. The fourth-order valence-electron chi connectivity index (χ4n) is 2.20. The van der Waals surface area contributed by atoms with Crippen molar-refractivity contribution < 1.29 is 14.3 Å². The van der Waals surface area contributed by atoms with Crippen molar-refractivity contribution >= 4 is 11.9 Å². The van der Waals surface area contributed by atoms with E-state index >= 15 is 0 Å².